The summed E-state index contributed by atoms with van der Waals surface area (Å²) in [5.41, 5.74) is 1.87. The van der Waals surface area contributed by atoms with Crippen LogP contribution in [0, 0.1) is 12.3 Å². The lowest BCUT2D eigenvalue weighted by Crippen LogP contribution is -2.19. The normalized spacial score (nSPS) is 10.9. The van der Waals surface area contributed by atoms with Crippen molar-refractivity contribution in [2.45, 2.75) is 26.2 Å². The van der Waals surface area contributed by atoms with Gasteiger partial charge in [-0.25, -0.2) is 0 Å². The lowest BCUT2D eigenvalue weighted by Gasteiger charge is -2.16. The molecule has 2 rings (SSSR count). The molecule has 1 N–H and O–H groups in total. The molecule has 0 saturated heterocycles. The van der Waals surface area contributed by atoms with Crippen molar-refractivity contribution in [2.24, 2.45) is 0 Å². The molecular weight excluding hydrogens is 270 g/mol. The highest BCUT2D eigenvalue weighted by Gasteiger charge is 2.26. The van der Waals surface area contributed by atoms with Crippen LogP contribution in [-0.2, 0) is 5.41 Å². The van der Waals surface area contributed by atoms with Gasteiger partial charge < -0.3 is 5.32 Å². The largest absolute Gasteiger partial charge is 0.321 e. The number of rotatable bonds is 2. The zero-order valence-corrected chi connectivity index (χ0v) is 12.4. The van der Waals surface area contributed by atoms with Gasteiger partial charge >= 0.3 is 0 Å². The summed E-state index contributed by atoms with van der Waals surface area (Å²) < 4.78 is 3.88. The van der Waals surface area contributed by atoms with Crippen LogP contribution in [0.4, 0.5) is 5.69 Å². The molecule has 1 amide bonds. The van der Waals surface area contributed by atoms with Gasteiger partial charge in [0.15, 0.2) is 0 Å². The molecule has 20 heavy (non-hydrogen) atoms. The maximum atomic E-state index is 12.3. The van der Waals surface area contributed by atoms with Crippen LogP contribution in [0.15, 0.2) is 24.3 Å². The van der Waals surface area contributed by atoms with E-state index in [0.29, 0.717) is 16.3 Å². The first-order chi connectivity index (χ1) is 9.41. The summed E-state index contributed by atoms with van der Waals surface area (Å²) >= 11 is 1.10. The highest BCUT2D eigenvalue weighted by Crippen LogP contribution is 2.26. The molecule has 2 aromatic rings. The number of carbonyl (C=O) groups is 1. The second kappa shape index (κ2) is 5.43. The average molecular weight is 285 g/mol. The minimum Gasteiger partial charge on any atom is -0.321 e. The zero-order chi connectivity index (χ0) is 14.8. The molecule has 0 radical (unpaired) electrons. The van der Waals surface area contributed by atoms with Gasteiger partial charge in [0.2, 0.25) is 0 Å². The third kappa shape index (κ3) is 3.03. The SMILES string of the molecule is C#Cc1cccc(NC(=O)c2snnc2C(C)(C)C)c1. The zero-order valence-electron chi connectivity index (χ0n) is 11.6. The van der Waals surface area contributed by atoms with Gasteiger partial charge in [-0.1, -0.05) is 37.2 Å². The summed E-state index contributed by atoms with van der Waals surface area (Å²) in [6.07, 6.45) is 5.34. The molecular formula is C15H15N3OS. The first-order valence-corrected chi connectivity index (χ1v) is 6.90. The molecule has 0 aliphatic heterocycles. The molecule has 0 spiro atoms. The Balaban J connectivity index is 2.25. The van der Waals surface area contributed by atoms with Gasteiger partial charge in [0.25, 0.3) is 5.91 Å². The molecule has 0 bridgehead atoms. The standard InChI is InChI=1S/C15H15N3OS/c1-5-10-7-6-8-11(9-10)16-14(19)12-13(15(2,3)4)17-18-20-12/h1,6-9H,2-4H3,(H,16,19). The van der Waals surface area contributed by atoms with Gasteiger partial charge in [-0.05, 0) is 29.7 Å². The number of amides is 1. The van der Waals surface area contributed by atoms with E-state index in [-0.39, 0.29) is 11.3 Å². The fourth-order valence-corrected chi connectivity index (χ4v) is 2.48. The minimum absolute atomic E-state index is 0.209. The molecule has 0 atom stereocenters. The van der Waals surface area contributed by atoms with Crippen LogP contribution >= 0.6 is 11.5 Å². The molecule has 4 nitrogen and oxygen atoms in total. The monoisotopic (exact) mass is 285 g/mol. The lowest BCUT2D eigenvalue weighted by atomic mass is 9.91. The number of nitrogens with one attached hydrogen (secondary N) is 1. The molecule has 5 heteroatoms. The number of anilines is 1. The second-order valence-electron chi connectivity index (χ2n) is 5.38. The predicted molar refractivity (Wildman–Crippen MR) is 80.9 cm³/mol. The number of carbonyl (C=O) groups excluding carboxylic acids is 1. The minimum atomic E-state index is -0.222. The van der Waals surface area contributed by atoms with Crippen molar-refractivity contribution < 1.29 is 4.79 Å². The Kier molecular flexibility index (Phi) is 3.86. The highest BCUT2D eigenvalue weighted by molar-refractivity contribution is 7.08. The quantitative estimate of drug-likeness (QED) is 0.863. The van der Waals surface area contributed by atoms with E-state index in [1.807, 2.05) is 26.8 Å². The van der Waals surface area contributed by atoms with E-state index in [1.165, 1.54) is 0 Å². The van der Waals surface area contributed by atoms with Gasteiger partial charge in [0.1, 0.15) is 4.88 Å². The highest BCUT2D eigenvalue weighted by atomic mass is 32.1. The number of terminal acetylenes is 1. The average Bonchev–Trinajstić information content (AvgIpc) is 2.88. The smallest absolute Gasteiger partial charge is 0.269 e. The van der Waals surface area contributed by atoms with Crippen LogP contribution in [0.2, 0.25) is 0 Å². The number of nitrogens with zero attached hydrogens (tertiary/aromatic N) is 2. The van der Waals surface area contributed by atoms with Gasteiger partial charge in [0, 0.05) is 16.7 Å². The molecule has 0 saturated carbocycles. The van der Waals surface area contributed by atoms with Gasteiger partial charge in [-0.2, -0.15) is 0 Å². The van der Waals surface area contributed by atoms with Crippen molar-refractivity contribution in [3.05, 3.63) is 40.4 Å². The van der Waals surface area contributed by atoms with Gasteiger partial charge in [-0.3, -0.25) is 4.79 Å². The summed E-state index contributed by atoms with van der Waals surface area (Å²) in [4.78, 5) is 12.8. The van der Waals surface area contributed by atoms with Crippen molar-refractivity contribution in [1.82, 2.24) is 9.59 Å². The van der Waals surface area contributed by atoms with Crippen LogP contribution in [0.3, 0.4) is 0 Å². The van der Waals surface area contributed by atoms with Crippen LogP contribution < -0.4 is 5.32 Å². The van der Waals surface area contributed by atoms with E-state index < -0.39 is 0 Å². The fraction of sp³-hybridized carbons (Fsp3) is 0.267. The molecule has 0 aliphatic carbocycles. The van der Waals surface area contributed by atoms with Crippen molar-refractivity contribution in [3.63, 3.8) is 0 Å². The van der Waals surface area contributed by atoms with Crippen LogP contribution in [-0.4, -0.2) is 15.5 Å². The Bertz CT molecular complexity index is 677. The maximum Gasteiger partial charge on any atom is 0.269 e. The molecule has 0 fully saturated rings. The van der Waals surface area contributed by atoms with Gasteiger partial charge in [0.05, 0.1) is 5.69 Å². The van der Waals surface area contributed by atoms with E-state index in [9.17, 15) is 4.79 Å². The Morgan fingerprint density at radius 1 is 1.40 bits per heavy atom. The summed E-state index contributed by atoms with van der Waals surface area (Å²) in [5, 5.41) is 6.89. The summed E-state index contributed by atoms with van der Waals surface area (Å²) in [5.74, 6) is 2.33. The van der Waals surface area contributed by atoms with Crippen molar-refractivity contribution >= 4 is 23.1 Å². The van der Waals surface area contributed by atoms with E-state index in [1.54, 1.807) is 18.2 Å². The van der Waals surface area contributed by atoms with E-state index in [0.717, 1.165) is 17.1 Å². The molecule has 1 heterocycles. The fourth-order valence-electron chi connectivity index (χ4n) is 1.70. The Labute approximate surface area is 122 Å². The Hall–Kier alpha value is -2.19. The van der Waals surface area contributed by atoms with E-state index >= 15 is 0 Å². The molecule has 1 aromatic carbocycles. The van der Waals surface area contributed by atoms with Crippen molar-refractivity contribution in [3.8, 4) is 12.3 Å². The maximum absolute atomic E-state index is 12.3. The topological polar surface area (TPSA) is 54.9 Å². The van der Waals surface area contributed by atoms with E-state index in [4.69, 9.17) is 6.42 Å². The first-order valence-electron chi connectivity index (χ1n) is 6.12. The molecule has 102 valence electrons. The van der Waals surface area contributed by atoms with Crippen LogP contribution in [0.1, 0.15) is 41.7 Å². The first kappa shape index (κ1) is 14.2. The molecule has 1 aromatic heterocycles. The Morgan fingerprint density at radius 2 is 2.15 bits per heavy atom. The predicted octanol–water partition coefficient (Wildman–Crippen LogP) is 3.07. The summed E-state index contributed by atoms with van der Waals surface area (Å²) in [7, 11) is 0. The number of benzene rings is 1. The van der Waals surface area contributed by atoms with Crippen molar-refractivity contribution in [2.75, 3.05) is 5.32 Å². The van der Waals surface area contributed by atoms with Gasteiger partial charge in [-0.15, -0.1) is 11.5 Å². The number of hydrogen-bond donors (Lipinski definition) is 1. The van der Waals surface area contributed by atoms with E-state index in [2.05, 4.69) is 20.8 Å². The Morgan fingerprint density at radius 3 is 2.80 bits per heavy atom. The third-order valence-electron chi connectivity index (χ3n) is 2.69. The number of aromatic nitrogens is 2. The third-order valence-corrected chi connectivity index (χ3v) is 3.42. The molecule has 0 unspecified atom stereocenters. The number of hydrogen-bond acceptors (Lipinski definition) is 4. The summed E-state index contributed by atoms with van der Waals surface area (Å²) in [6, 6.07) is 7.16. The van der Waals surface area contributed by atoms with Crippen LogP contribution in [0.25, 0.3) is 0 Å². The summed E-state index contributed by atoms with van der Waals surface area (Å²) in [6.45, 7) is 6.00. The molecule has 0 aliphatic rings. The van der Waals surface area contributed by atoms with Crippen molar-refractivity contribution in [1.29, 1.82) is 0 Å². The second-order valence-corrected chi connectivity index (χ2v) is 6.13. The van der Waals surface area contributed by atoms with Crippen LogP contribution in [0.5, 0.6) is 0 Å². The lowest BCUT2D eigenvalue weighted by molar-refractivity contribution is 0.102.